The van der Waals surface area contributed by atoms with Gasteiger partial charge < -0.3 is 0 Å². The SMILES string of the molecule is CC(C)(C)C(=O)C(I)n1cncn1. The van der Waals surface area contributed by atoms with Gasteiger partial charge in [0.05, 0.1) is 0 Å². The van der Waals surface area contributed by atoms with Crippen molar-refractivity contribution in [3.05, 3.63) is 12.7 Å². The molecule has 0 N–H and O–H groups in total. The van der Waals surface area contributed by atoms with Gasteiger partial charge in [-0.2, -0.15) is 5.10 Å². The Labute approximate surface area is 90.9 Å². The largest absolute Gasteiger partial charge is 0.296 e. The first-order valence-electron chi connectivity index (χ1n) is 3.95. The number of alkyl halides is 1. The Morgan fingerprint density at radius 1 is 1.54 bits per heavy atom. The second-order valence-electron chi connectivity index (χ2n) is 3.83. The molecule has 0 amide bonds. The van der Waals surface area contributed by atoms with E-state index in [4.69, 9.17) is 0 Å². The molecule has 0 saturated carbocycles. The fourth-order valence-corrected chi connectivity index (χ4v) is 2.03. The summed E-state index contributed by atoms with van der Waals surface area (Å²) in [6, 6.07) is 0. The summed E-state index contributed by atoms with van der Waals surface area (Å²) < 4.78 is 1.30. The fourth-order valence-electron chi connectivity index (χ4n) is 0.812. The van der Waals surface area contributed by atoms with Crippen LogP contribution in [-0.2, 0) is 4.79 Å². The molecule has 0 radical (unpaired) electrons. The van der Waals surface area contributed by atoms with E-state index in [9.17, 15) is 4.79 Å². The lowest BCUT2D eigenvalue weighted by atomic mass is 9.91. The Morgan fingerprint density at radius 3 is 2.54 bits per heavy atom. The zero-order valence-corrected chi connectivity index (χ0v) is 10.0. The highest BCUT2D eigenvalue weighted by atomic mass is 127. The number of carbonyl (C=O) groups excluding carboxylic acids is 1. The van der Waals surface area contributed by atoms with Crippen molar-refractivity contribution in [1.82, 2.24) is 14.8 Å². The highest BCUT2D eigenvalue weighted by Crippen LogP contribution is 2.27. The molecule has 4 nitrogen and oxygen atoms in total. The lowest BCUT2D eigenvalue weighted by molar-refractivity contribution is -0.126. The average molecular weight is 293 g/mol. The minimum absolute atomic E-state index is 0.151. The van der Waals surface area contributed by atoms with Crippen LogP contribution in [-0.4, -0.2) is 20.5 Å². The van der Waals surface area contributed by atoms with Gasteiger partial charge in [-0.25, -0.2) is 9.67 Å². The van der Waals surface area contributed by atoms with Gasteiger partial charge in [0.2, 0.25) is 0 Å². The number of hydrogen-bond donors (Lipinski definition) is 0. The van der Waals surface area contributed by atoms with Gasteiger partial charge in [0, 0.05) is 5.41 Å². The summed E-state index contributed by atoms with van der Waals surface area (Å²) in [7, 11) is 0. The van der Waals surface area contributed by atoms with E-state index in [2.05, 4.69) is 32.7 Å². The summed E-state index contributed by atoms with van der Waals surface area (Å²) in [5.41, 5.74) is -0.336. The van der Waals surface area contributed by atoms with Crippen LogP contribution in [0.2, 0.25) is 0 Å². The molecule has 0 aliphatic heterocycles. The normalized spacial score (nSPS) is 14.2. The molecule has 1 aromatic rings. The Bertz CT molecular complexity index is 289. The zero-order chi connectivity index (χ0) is 10.1. The maximum Gasteiger partial charge on any atom is 0.172 e. The number of ketones is 1. The number of carbonyl (C=O) groups is 1. The van der Waals surface area contributed by atoms with E-state index >= 15 is 0 Å². The molecule has 0 aliphatic carbocycles. The molecule has 1 unspecified atom stereocenters. The Kier molecular flexibility index (Phi) is 3.05. The van der Waals surface area contributed by atoms with Crippen LogP contribution < -0.4 is 0 Å². The molecule has 1 heterocycles. The van der Waals surface area contributed by atoms with E-state index in [1.807, 2.05) is 20.8 Å². The number of nitrogens with zero attached hydrogens (tertiary/aromatic N) is 3. The van der Waals surface area contributed by atoms with Crippen LogP contribution in [0, 0.1) is 5.41 Å². The number of hydrogen-bond acceptors (Lipinski definition) is 3. The van der Waals surface area contributed by atoms with Crippen LogP contribution in [0.3, 0.4) is 0 Å². The van der Waals surface area contributed by atoms with Crippen molar-refractivity contribution < 1.29 is 4.79 Å². The third kappa shape index (κ3) is 2.49. The highest BCUT2D eigenvalue weighted by Gasteiger charge is 2.29. The van der Waals surface area contributed by atoms with Crippen molar-refractivity contribution in [3.8, 4) is 0 Å². The summed E-state index contributed by atoms with van der Waals surface area (Å²) in [4.78, 5) is 15.6. The lowest BCUT2D eigenvalue weighted by Gasteiger charge is -2.20. The van der Waals surface area contributed by atoms with E-state index in [1.54, 1.807) is 11.0 Å². The van der Waals surface area contributed by atoms with Gasteiger partial charge in [-0.05, 0) is 22.6 Å². The van der Waals surface area contributed by atoms with Crippen molar-refractivity contribution >= 4 is 28.4 Å². The topological polar surface area (TPSA) is 47.8 Å². The van der Waals surface area contributed by atoms with Crippen molar-refractivity contribution in [2.45, 2.75) is 24.8 Å². The second kappa shape index (κ2) is 3.73. The van der Waals surface area contributed by atoms with Gasteiger partial charge in [-0.1, -0.05) is 20.8 Å². The maximum absolute atomic E-state index is 11.8. The first kappa shape index (κ1) is 10.6. The van der Waals surface area contributed by atoms with Crippen LogP contribution in [0.4, 0.5) is 0 Å². The third-order valence-corrected chi connectivity index (χ3v) is 2.76. The Hall–Kier alpha value is -0.460. The summed E-state index contributed by atoms with van der Waals surface area (Å²) >= 11 is 2.07. The number of Topliss-reactive ketones (excluding diaryl/α,β-unsaturated/α-hetero) is 1. The predicted molar refractivity (Wildman–Crippen MR) is 57.5 cm³/mol. The summed E-state index contributed by atoms with van der Waals surface area (Å²) in [6.07, 6.45) is 2.99. The predicted octanol–water partition coefficient (Wildman–Crippen LogP) is 1.83. The quantitative estimate of drug-likeness (QED) is 0.617. The molecule has 0 saturated heterocycles. The molecule has 1 rings (SSSR count). The van der Waals surface area contributed by atoms with Gasteiger partial charge in [0.15, 0.2) is 9.83 Å². The molecule has 0 bridgehead atoms. The maximum atomic E-state index is 11.8. The van der Waals surface area contributed by atoms with Gasteiger partial charge >= 0.3 is 0 Å². The van der Waals surface area contributed by atoms with Crippen LogP contribution in [0.1, 0.15) is 24.8 Å². The number of rotatable bonds is 2. The molecule has 72 valence electrons. The van der Waals surface area contributed by atoms with Gasteiger partial charge in [-0.15, -0.1) is 0 Å². The Balaban J connectivity index is 2.81. The first-order valence-corrected chi connectivity index (χ1v) is 5.20. The summed E-state index contributed by atoms with van der Waals surface area (Å²) in [5.74, 6) is 0.151. The minimum Gasteiger partial charge on any atom is -0.296 e. The Morgan fingerprint density at radius 2 is 2.15 bits per heavy atom. The monoisotopic (exact) mass is 293 g/mol. The minimum atomic E-state index is -0.336. The molecular weight excluding hydrogens is 281 g/mol. The standard InChI is InChI=1S/C8H12IN3O/c1-8(2,3)6(13)7(9)12-5-10-4-11-12/h4-5,7H,1-3H3. The summed E-state index contributed by atoms with van der Waals surface area (Å²) in [5, 5.41) is 3.93. The number of halogens is 1. The first-order chi connectivity index (χ1) is 5.93. The van der Waals surface area contributed by atoms with Gasteiger partial charge in [0.1, 0.15) is 12.7 Å². The highest BCUT2D eigenvalue weighted by molar-refractivity contribution is 14.1. The molecule has 5 heteroatoms. The van der Waals surface area contributed by atoms with Crippen LogP contribution in [0.25, 0.3) is 0 Å². The van der Waals surface area contributed by atoms with Crippen molar-refractivity contribution in [2.24, 2.45) is 5.41 Å². The van der Waals surface area contributed by atoms with E-state index in [-0.39, 0.29) is 15.2 Å². The number of aromatic nitrogens is 3. The molecule has 0 spiro atoms. The van der Waals surface area contributed by atoms with Crippen LogP contribution >= 0.6 is 22.6 Å². The fraction of sp³-hybridized carbons (Fsp3) is 0.625. The average Bonchev–Trinajstić information content (AvgIpc) is 2.51. The van der Waals surface area contributed by atoms with Crippen LogP contribution in [0.5, 0.6) is 0 Å². The molecule has 0 fully saturated rings. The third-order valence-electron chi connectivity index (χ3n) is 1.62. The van der Waals surface area contributed by atoms with E-state index in [0.29, 0.717) is 0 Å². The van der Waals surface area contributed by atoms with Crippen LogP contribution in [0.15, 0.2) is 12.7 Å². The molecule has 13 heavy (non-hydrogen) atoms. The molecule has 1 atom stereocenters. The smallest absolute Gasteiger partial charge is 0.172 e. The molecule has 0 aromatic carbocycles. The summed E-state index contributed by atoms with van der Waals surface area (Å²) in [6.45, 7) is 5.70. The molecular formula is C8H12IN3O. The zero-order valence-electron chi connectivity index (χ0n) is 7.86. The molecule has 0 aliphatic rings. The second-order valence-corrected chi connectivity index (χ2v) is 5.01. The van der Waals surface area contributed by atoms with Crippen molar-refractivity contribution in [1.29, 1.82) is 0 Å². The van der Waals surface area contributed by atoms with E-state index in [0.717, 1.165) is 0 Å². The lowest BCUT2D eigenvalue weighted by Crippen LogP contribution is -2.27. The van der Waals surface area contributed by atoms with Gasteiger partial charge in [0.25, 0.3) is 0 Å². The molecule has 1 aromatic heterocycles. The van der Waals surface area contributed by atoms with Crippen molar-refractivity contribution in [2.75, 3.05) is 0 Å². The van der Waals surface area contributed by atoms with E-state index in [1.165, 1.54) is 6.33 Å². The van der Waals surface area contributed by atoms with Gasteiger partial charge in [-0.3, -0.25) is 4.79 Å². The van der Waals surface area contributed by atoms with E-state index < -0.39 is 0 Å². The van der Waals surface area contributed by atoms with Crippen molar-refractivity contribution in [3.63, 3.8) is 0 Å².